The number of benzene rings is 1. The number of hydrogen-bond acceptors (Lipinski definition) is 6. The average Bonchev–Trinajstić information content (AvgIpc) is 3.86. The number of hydrogen-bond donors (Lipinski definition) is 4. The Morgan fingerprint density at radius 3 is 1.85 bits per heavy atom. The van der Waals surface area contributed by atoms with E-state index in [2.05, 4.69) is 30.6 Å². The van der Waals surface area contributed by atoms with E-state index in [4.69, 9.17) is 0 Å². The van der Waals surface area contributed by atoms with E-state index in [1.54, 1.807) is 0 Å². The van der Waals surface area contributed by atoms with Crippen LogP contribution >= 0.6 is 0 Å². The second-order valence-corrected chi connectivity index (χ2v) is 16.0. The number of para-hydroxylation sites is 2. The highest BCUT2D eigenvalue weighted by atomic mass is 16.3. The maximum atomic E-state index is 13.1. The Morgan fingerprint density at radius 2 is 1.34 bits per heavy atom. The smallest absolute Gasteiger partial charge is 0.255 e. The summed E-state index contributed by atoms with van der Waals surface area (Å²) in [6.45, 7) is 9.97. The summed E-state index contributed by atoms with van der Waals surface area (Å²) in [5.74, 6) is 2.91. The Hall–Kier alpha value is -5.03. The van der Waals surface area contributed by atoms with Gasteiger partial charge in [0.25, 0.3) is 11.8 Å². The molecule has 4 fully saturated rings. The third kappa shape index (κ3) is 6.49. The molecule has 5 heterocycles. The number of carbonyl (C=O) groups is 2. The molecule has 2 atom stereocenters. The highest BCUT2D eigenvalue weighted by Crippen LogP contribution is 2.61. The molecule has 4 saturated carbocycles. The van der Waals surface area contributed by atoms with Crippen LogP contribution in [-0.4, -0.2) is 58.3 Å². The van der Waals surface area contributed by atoms with Crippen LogP contribution in [0.2, 0.25) is 0 Å². The molecule has 0 saturated heterocycles. The number of aryl methyl sites for hydroxylation is 4. The van der Waals surface area contributed by atoms with Crippen molar-refractivity contribution in [2.45, 2.75) is 91.6 Å². The first-order chi connectivity index (χ1) is 25.5. The van der Waals surface area contributed by atoms with E-state index in [1.807, 2.05) is 104 Å². The number of H-pyrrole nitrogens is 1. The summed E-state index contributed by atoms with van der Waals surface area (Å²) in [6, 6.07) is 15.2. The third-order valence-corrected chi connectivity index (χ3v) is 12.1. The quantitative estimate of drug-likeness (QED) is 0.134. The molecule has 11 nitrogen and oxygen atoms in total. The van der Waals surface area contributed by atoms with E-state index in [0.717, 1.165) is 63.8 Å². The van der Waals surface area contributed by atoms with Gasteiger partial charge in [-0.3, -0.25) is 9.59 Å². The predicted octanol–water partition coefficient (Wildman–Crippen LogP) is 6.97. The van der Waals surface area contributed by atoms with Crippen LogP contribution in [-0.2, 0) is 0 Å². The van der Waals surface area contributed by atoms with Crippen LogP contribution < -0.4 is 10.6 Å². The summed E-state index contributed by atoms with van der Waals surface area (Å²) in [5, 5.41) is 16.5. The lowest BCUT2D eigenvalue weighted by Crippen LogP contribution is -2.58. The van der Waals surface area contributed by atoms with Crippen molar-refractivity contribution in [2.24, 2.45) is 23.2 Å². The largest absolute Gasteiger partial charge is 0.394 e. The molecule has 4 N–H and O–H groups in total. The summed E-state index contributed by atoms with van der Waals surface area (Å²) < 4.78 is 3.89. The van der Waals surface area contributed by atoms with Gasteiger partial charge in [0.2, 0.25) is 0 Å². The second-order valence-electron chi connectivity index (χ2n) is 16.0. The number of aromatic amines is 1. The monoisotopic (exact) mass is 714 g/mol. The van der Waals surface area contributed by atoms with Gasteiger partial charge in [0.1, 0.15) is 17.1 Å². The molecule has 0 spiro atoms. The van der Waals surface area contributed by atoms with Crippen LogP contribution in [0.5, 0.6) is 0 Å². The van der Waals surface area contributed by atoms with Crippen molar-refractivity contribution in [1.82, 2.24) is 39.4 Å². The summed E-state index contributed by atoms with van der Waals surface area (Å²) in [7, 11) is 0. The number of rotatable bonds is 8. The minimum absolute atomic E-state index is 0.0230. The Kier molecular flexibility index (Phi) is 9.08. The molecule has 53 heavy (non-hydrogen) atoms. The number of aliphatic hydroxyl groups is 1. The van der Waals surface area contributed by atoms with Crippen molar-refractivity contribution >= 4 is 34.1 Å². The molecule has 2 amide bonds. The normalized spacial score (nSPS) is 22.9. The van der Waals surface area contributed by atoms with Crippen molar-refractivity contribution in [3.63, 3.8) is 0 Å². The molecular weight excluding hydrogens is 665 g/mol. The number of carbonyl (C=O) groups excluding carboxylic acids is 2. The van der Waals surface area contributed by atoms with E-state index >= 15 is 0 Å². The molecule has 4 aliphatic carbocycles. The molecule has 4 bridgehead atoms. The number of amides is 2. The molecule has 2 unspecified atom stereocenters. The van der Waals surface area contributed by atoms with Gasteiger partial charge in [0, 0.05) is 35.2 Å². The van der Waals surface area contributed by atoms with Crippen molar-refractivity contribution in [2.75, 3.05) is 6.61 Å². The summed E-state index contributed by atoms with van der Waals surface area (Å²) in [6.07, 6.45) is 12.1. The van der Waals surface area contributed by atoms with E-state index in [0.29, 0.717) is 22.4 Å². The van der Waals surface area contributed by atoms with Gasteiger partial charge in [0.15, 0.2) is 0 Å². The number of aromatic nitrogens is 6. The number of nitrogens with zero attached hydrogens (tertiary/aromatic N) is 5. The second kappa shape index (κ2) is 13.7. The van der Waals surface area contributed by atoms with Crippen molar-refractivity contribution < 1.29 is 14.7 Å². The van der Waals surface area contributed by atoms with Gasteiger partial charge >= 0.3 is 0 Å². The fourth-order valence-electron chi connectivity index (χ4n) is 10.1. The van der Waals surface area contributed by atoms with Crippen LogP contribution in [0.15, 0.2) is 60.9 Å². The number of fused-ring (bicyclic) bond motifs is 3. The van der Waals surface area contributed by atoms with Crippen LogP contribution in [0, 0.1) is 50.9 Å². The van der Waals surface area contributed by atoms with Gasteiger partial charge in [-0.15, -0.1) is 0 Å². The summed E-state index contributed by atoms with van der Waals surface area (Å²) in [5.41, 5.74) is 8.44. The predicted molar refractivity (Wildman–Crippen MR) is 205 cm³/mol. The zero-order valence-corrected chi connectivity index (χ0v) is 31.3. The lowest BCUT2D eigenvalue weighted by atomic mass is 9.47. The minimum Gasteiger partial charge on any atom is -0.394 e. The zero-order chi connectivity index (χ0) is 37.0. The first kappa shape index (κ1) is 35.0. The van der Waals surface area contributed by atoms with E-state index in [1.165, 1.54) is 38.5 Å². The Balaban J connectivity index is 0.000000151. The zero-order valence-electron chi connectivity index (χ0n) is 31.3. The molecule has 6 aromatic rings. The summed E-state index contributed by atoms with van der Waals surface area (Å²) >= 11 is 0. The fraction of sp³-hybridized carbons (Fsp3) is 0.452. The first-order valence-corrected chi connectivity index (χ1v) is 19.1. The molecule has 276 valence electrons. The molecule has 0 aliphatic heterocycles. The van der Waals surface area contributed by atoms with Crippen molar-refractivity contribution in [3.8, 4) is 0 Å². The maximum absolute atomic E-state index is 13.1. The minimum atomic E-state index is -0.184. The number of nitrogens with one attached hydrogen (secondary N) is 3. The standard InChI is InChI=1S/C22H29N3O2.C20H21N5O/c1-13-5-14(2)25-4-3-18(20(25)23-13)21(27)24-19(12-26)22-9-15-6-16(10-22)8-17(7-15)11-22;1-4-15(18-22-16-7-5-6-8-17(16)23-18)24-20(26)14-9-10-25-13(3)11-12(2)21-19(14)25/h3-5,15-17,19,26H,6-12H2,1-2H3,(H,24,27);5-11,15H,4H2,1-3H3,(H,22,23)(H,24,26). The van der Waals surface area contributed by atoms with Crippen molar-refractivity contribution in [1.29, 1.82) is 0 Å². The van der Waals surface area contributed by atoms with Gasteiger partial charge < -0.3 is 29.5 Å². The SMILES string of the molecule is CCC(NC(=O)c1ccn2c(C)cc(C)nc12)c1nc2ccccc2[nH]1.Cc1cc(C)n2ccc(C(=O)NC(CO)C34CC5CC(CC(C5)C3)C4)c2n1. The van der Waals surface area contributed by atoms with Gasteiger partial charge in [-0.1, -0.05) is 19.1 Å². The van der Waals surface area contributed by atoms with Gasteiger partial charge in [0.05, 0.1) is 40.9 Å². The Morgan fingerprint density at radius 1 is 0.811 bits per heavy atom. The third-order valence-electron chi connectivity index (χ3n) is 12.1. The first-order valence-electron chi connectivity index (χ1n) is 19.1. The maximum Gasteiger partial charge on any atom is 0.255 e. The average molecular weight is 715 g/mol. The van der Waals surface area contributed by atoms with Crippen LogP contribution in [0.4, 0.5) is 0 Å². The van der Waals surface area contributed by atoms with E-state index < -0.39 is 0 Å². The lowest BCUT2D eigenvalue weighted by Gasteiger charge is -2.59. The molecule has 10 rings (SSSR count). The highest BCUT2D eigenvalue weighted by Gasteiger charge is 2.54. The Labute approximate surface area is 309 Å². The van der Waals surface area contributed by atoms with Gasteiger partial charge in [-0.05, 0) is 132 Å². The van der Waals surface area contributed by atoms with Crippen molar-refractivity contribution in [3.05, 3.63) is 101 Å². The number of aliphatic hydroxyl groups excluding tert-OH is 1. The topological polar surface area (TPSA) is 142 Å². The highest BCUT2D eigenvalue weighted by molar-refractivity contribution is 6.01. The van der Waals surface area contributed by atoms with E-state index in [9.17, 15) is 14.7 Å². The van der Waals surface area contributed by atoms with Crippen LogP contribution in [0.1, 0.15) is 107 Å². The molecular formula is C42H50N8O3. The summed E-state index contributed by atoms with van der Waals surface area (Å²) in [4.78, 5) is 43.1. The lowest BCUT2D eigenvalue weighted by molar-refractivity contribution is -0.0805. The molecule has 5 aromatic heterocycles. The molecule has 0 radical (unpaired) electrons. The molecule has 1 aromatic carbocycles. The van der Waals surface area contributed by atoms with E-state index in [-0.39, 0.29) is 35.9 Å². The molecule has 4 aliphatic rings. The Bertz CT molecular complexity index is 2260. The van der Waals surface area contributed by atoms with Crippen LogP contribution in [0.3, 0.4) is 0 Å². The molecule has 11 heteroatoms. The van der Waals surface area contributed by atoms with Crippen LogP contribution in [0.25, 0.3) is 22.3 Å². The number of imidazole rings is 1. The van der Waals surface area contributed by atoms with Gasteiger partial charge in [-0.25, -0.2) is 15.0 Å². The van der Waals surface area contributed by atoms with Gasteiger partial charge in [-0.2, -0.15) is 0 Å². The fourth-order valence-corrected chi connectivity index (χ4v) is 10.1.